The summed E-state index contributed by atoms with van der Waals surface area (Å²) in [5.41, 5.74) is 0. The van der Waals surface area contributed by atoms with Crippen LogP contribution in [0.1, 0.15) is 31.7 Å². The van der Waals surface area contributed by atoms with E-state index in [1.165, 1.54) is 4.88 Å². The van der Waals surface area contributed by atoms with Crippen molar-refractivity contribution < 1.29 is 4.79 Å². The number of rotatable bonds is 5. The van der Waals surface area contributed by atoms with Crippen LogP contribution in [0, 0.1) is 5.92 Å². The van der Waals surface area contributed by atoms with Crippen LogP contribution in [0.5, 0.6) is 0 Å². The number of likely N-dealkylation sites (N-methyl/N-ethyl adjacent to an activating group) is 1. The van der Waals surface area contributed by atoms with Gasteiger partial charge in [0, 0.05) is 30.6 Å². The summed E-state index contributed by atoms with van der Waals surface area (Å²) in [5.74, 6) is 0.538. The van der Waals surface area contributed by atoms with Gasteiger partial charge in [0.05, 0.1) is 12.6 Å². The summed E-state index contributed by atoms with van der Waals surface area (Å²) in [6.45, 7) is 10.1. The first-order valence-corrected chi connectivity index (χ1v) is 8.60. The third kappa shape index (κ3) is 4.53. The van der Waals surface area contributed by atoms with E-state index in [1.54, 1.807) is 11.3 Å². The summed E-state index contributed by atoms with van der Waals surface area (Å²) in [6.07, 6.45) is 0. The molecule has 2 atom stereocenters. The van der Waals surface area contributed by atoms with E-state index in [9.17, 15) is 4.79 Å². The first-order valence-electron chi connectivity index (χ1n) is 7.72. The lowest BCUT2D eigenvalue weighted by Gasteiger charge is -2.38. The van der Waals surface area contributed by atoms with Crippen molar-refractivity contribution in [1.29, 1.82) is 0 Å². The van der Waals surface area contributed by atoms with E-state index in [2.05, 4.69) is 54.4 Å². The molecule has 118 valence electrons. The van der Waals surface area contributed by atoms with Crippen LogP contribution in [-0.4, -0.2) is 55.0 Å². The molecule has 1 aromatic heterocycles. The van der Waals surface area contributed by atoms with Crippen LogP contribution >= 0.6 is 11.3 Å². The van der Waals surface area contributed by atoms with Crippen molar-refractivity contribution in [3.63, 3.8) is 0 Å². The molecule has 21 heavy (non-hydrogen) atoms. The second-order valence-corrected chi connectivity index (χ2v) is 7.37. The smallest absolute Gasteiger partial charge is 0.234 e. The predicted octanol–water partition coefficient (Wildman–Crippen LogP) is 2.20. The fourth-order valence-corrected chi connectivity index (χ4v) is 3.80. The second-order valence-electron chi connectivity index (χ2n) is 6.39. The molecule has 1 amide bonds. The van der Waals surface area contributed by atoms with Gasteiger partial charge in [-0.25, -0.2) is 0 Å². The third-order valence-electron chi connectivity index (χ3n) is 4.15. The van der Waals surface area contributed by atoms with Gasteiger partial charge >= 0.3 is 0 Å². The molecule has 0 bridgehead atoms. The average molecular weight is 309 g/mol. The number of amides is 1. The third-order valence-corrected chi connectivity index (χ3v) is 5.10. The molecule has 0 unspecified atom stereocenters. The molecule has 1 fully saturated rings. The molecule has 1 aliphatic heterocycles. The number of piperazine rings is 1. The first-order chi connectivity index (χ1) is 9.97. The van der Waals surface area contributed by atoms with Crippen LogP contribution < -0.4 is 5.32 Å². The number of thiophene rings is 1. The van der Waals surface area contributed by atoms with Gasteiger partial charge in [0.2, 0.25) is 5.91 Å². The molecular formula is C16H27N3OS. The predicted molar refractivity (Wildman–Crippen MR) is 88.6 cm³/mol. The van der Waals surface area contributed by atoms with Gasteiger partial charge in [-0.1, -0.05) is 19.9 Å². The molecule has 2 heterocycles. The lowest BCUT2D eigenvalue weighted by Crippen LogP contribution is -2.53. The number of nitrogens with zero attached hydrogens (tertiary/aromatic N) is 2. The van der Waals surface area contributed by atoms with Gasteiger partial charge in [-0.15, -0.1) is 11.3 Å². The summed E-state index contributed by atoms with van der Waals surface area (Å²) in [6, 6.07) is 4.71. The van der Waals surface area contributed by atoms with E-state index in [4.69, 9.17) is 0 Å². The van der Waals surface area contributed by atoms with Crippen molar-refractivity contribution >= 4 is 17.2 Å². The van der Waals surface area contributed by atoms with E-state index in [0.717, 1.165) is 19.6 Å². The molecule has 1 aromatic rings. The highest BCUT2D eigenvalue weighted by Gasteiger charge is 2.25. The second kappa shape index (κ2) is 7.38. The lowest BCUT2D eigenvalue weighted by atomic mass is 10.0. The highest BCUT2D eigenvalue weighted by molar-refractivity contribution is 7.10. The number of nitrogens with one attached hydrogen (secondary N) is 1. The summed E-state index contributed by atoms with van der Waals surface area (Å²) in [4.78, 5) is 18.2. The highest BCUT2D eigenvalue weighted by Crippen LogP contribution is 2.25. The maximum absolute atomic E-state index is 12.4. The van der Waals surface area contributed by atoms with E-state index in [0.29, 0.717) is 18.5 Å². The zero-order chi connectivity index (χ0) is 15.4. The molecule has 0 radical (unpaired) electrons. The Bertz CT molecular complexity index is 446. The van der Waals surface area contributed by atoms with Crippen LogP contribution in [0.15, 0.2) is 17.5 Å². The van der Waals surface area contributed by atoms with Gasteiger partial charge in [0.25, 0.3) is 0 Å². The largest absolute Gasteiger partial charge is 0.347 e. The van der Waals surface area contributed by atoms with E-state index >= 15 is 0 Å². The number of hydrogen-bond acceptors (Lipinski definition) is 4. The van der Waals surface area contributed by atoms with Crippen molar-refractivity contribution in [3.05, 3.63) is 22.4 Å². The van der Waals surface area contributed by atoms with Gasteiger partial charge in [-0.3, -0.25) is 9.69 Å². The molecule has 0 aliphatic carbocycles. The first kappa shape index (κ1) is 16.5. The Labute approximate surface area is 132 Å². The Morgan fingerprint density at radius 1 is 1.48 bits per heavy atom. The molecule has 2 rings (SSSR count). The Morgan fingerprint density at radius 2 is 2.24 bits per heavy atom. The number of hydrogen-bond donors (Lipinski definition) is 1. The van der Waals surface area contributed by atoms with Gasteiger partial charge in [0.15, 0.2) is 0 Å². The highest BCUT2D eigenvalue weighted by atomic mass is 32.1. The Kier molecular flexibility index (Phi) is 5.79. The minimum atomic E-state index is 0.125. The molecule has 0 spiro atoms. The molecule has 4 nitrogen and oxygen atoms in total. The van der Waals surface area contributed by atoms with Gasteiger partial charge in [0.1, 0.15) is 0 Å². The Balaban J connectivity index is 1.91. The van der Waals surface area contributed by atoms with Crippen molar-refractivity contribution in [3.8, 4) is 0 Å². The van der Waals surface area contributed by atoms with Crippen LogP contribution in [0.3, 0.4) is 0 Å². The number of carbonyl (C=O) groups excluding carboxylic acids is 1. The maximum Gasteiger partial charge on any atom is 0.234 e. The minimum absolute atomic E-state index is 0.125. The molecule has 1 saturated heterocycles. The fourth-order valence-electron chi connectivity index (χ4n) is 2.85. The standard InChI is InChI=1S/C16H27N3OS/c1-12(2)16(14-6-5-9-21-14)17-15(20)11-19-8-7-18(4)10-13(19)3/h5-6,9,12-13,16H,7-8,10-11H2,1-4H3,(H,17,20)/t13-,16-/m0/s1. The molecule has 0 saturated carbocycles. The molecule has 5 heteroatoms. The van der Waals surface area contributed by atoms with Crippen LogP contribution in [0.4, 0.5) is 0 Å². The van der Waals surface area contributed by atoms with E-state index in [1.807, 2.05) is 6.07 Å². The topological polar surface area (TPSA) is 35.6 Å². The van der Waals surface area contributed by atoms with Crippen LogP contribution in [-0.2, 0) is 4.79 Å². The normalized spacial score (nSPS) is 22.4. The quantitative estimate of drug-likeness (QED) is 0.906. The summed E-state index contributed by atoms with van der Waals surface area (Å²) in [5, 5.41) is 5.28. The number of carbonyl (C=O) groups is 1. The van der Waals surface area contributed by atoms with Crippen molar-refractivity contribution in [2.75, 3.05) is 33.2 Å². The SMILES string of the molecule is CC(C)[C@H](NC(=O)CN1CCN(C)C[C@@H]1C)c1cccs1. The minimum Gasteiger partial charge on any atom is -0.347 e. The lowest BCUT2D eigenvalue weighted by molar-refractivity contribution is -0.124. The summed E-state index contributed by atoms with van der Waals surface area (Å²) >= 11 is 1.71. The van der Waals surface area contributed by atoms with Crippen molar-refractivity contribution in [2.24, 2.45) is 5.92 Å². The summed E-state index contributed by atoms with van der Waals surface area (Å²) in [7, 11) is 2.14. The van der Waals surface area contributed by atoms with E-state index in [-0.39, 0.29) is 11.9 Å². The molecule has 1 N–H and O–H groups in total. The molecular weight excluding hydrogens is 282 g/mol. The van der Waals surface area contributed by atoms with Gasteiger partial charge < -0.3 is 10.2 Å². The molecule has 0 aromatic carbocycles. The fraction of sp³-hybridized carbons (Fsp3) is 0.688. The zero-order valence-electron chi connectivity index (χ0n) is 13.5. The maximum atomic E-state index is 12.4. The van der Waals surface area contributed by atoms with E-state index < -0.39 is 0 Å². The Hall–Kier alpha value is -0.910. The van der Waals surface area contributed by atoms with Crippen molar-refractivity contribution in [1.82, 2.24) is 15.1 Å². The summed E-state index contributed by atoms with van der Waals surface area (Å²) < 4.78 is 0. The molecule has 1 aliphatic rings. The van der Waals surface area contributed by atoms with Gasteiger partial charge in [-0.2, -0.15) is 0 Å². The monoisotopic (exact) mass is 309 g/mol. The van der Waals surface area contributed by atoms with Gasteiger partial charge in [-0.05, 0) is 31.3 Å². The average Bonchev–Trinajstić information content (AvgIpc) is 2.92. The zero-order valence-corrected chi connectivity index (χ0v) is 14.3. The van der Waals surface area contributed by atoms with Crippen LogP contribution in [0.25, 0.3) is 0 Å². The Morgan fingerprint density at radius 3 is 2.81 bits per heavy atom. The van der Waals surface area contributed by atoms with Crippen molar-refractivity contribution in [2.45, 2.75) is 32.9 Å². The van der Waals surface area contributed by atoms with Crippen LogP contribution in [0.2, 0.25) is 0 Å².